The van der Waals surface area contributed by atoms with E-state index in [0.29, 0.717) is 19.4 Å². The molecular formula is C22H24N4O2. The second-order valence-corrected chi connectivity index (χ2v) is 7.15. The van der Waals surface area contributed by atoms with Crippen molar-refractivity contribution in [2.45, 2.75) is 32.1 Å². The number of H-pyrrole nitrogens is 1. The van der Waals surface area contributed by atoms with Crippen molar-refractivity contribution in [2.24, 2.45) is 0 Å². The average molecular weight is 376 g/mol. The van der Waals surface area contributed by atoms with Gasteiger partial charge in [0.2, 0.25) is 11.8 Å². The number of para-hydroxylation sites is 2. The van der Waals surface area contributed by atoms with Gasteiger partial charge in [-0.2, -0.15) is 0 Å². The second-order valence-electron chi connectivity index (χ2n) is 7.15. The van der Waals surface area contributed by atoms with Gasteiger partial charge in [0.25, 0.3) is 0 Å². The number of hydrogen-bond donors (Lipinski definition) is 2. The Balaban J connectivity index is 1.21. The van der Waals surface area contributed by atoms with E-state index in [1.807, 2.05) is 53.4 Å². The average Bonchev–Trinajstić information content (AvgIpc) is 3.31. The summed E-state index contributed by atoms with van der Waals surface area (Å²) in [6.07, 6.45) is 3.52. The predicted molar refractivity (Wildman–Crippen MR) is 109 cm³/mol. The first-order valence-electron chi connectivity index (χ1n) is 9.79. The van der Waals surface area contributed by atoms with Crippen LogP contribution in [0.3, 0.4) is 0 Å². The summed E-state index contributed by atoms with van der Waals surface area (Å²) in [5.74, 6) is 1.13. The topological polar surface area (TPSA) is 78.1 Å². The summed E-state index contributed by atoms with van der Waals surface area (Å²) in [6.45, 7) is 1.40. The lowest BCUT2D eigenvalue weighted by Crippen LogP contribution is -2.26. The molecule has 0 unspecified atom stereocenters. The first-order chi connectivity index (χ1) is 13.7. The summed E-state index contributed by atoms with van der Waals surface area (Å²) in [4.78, 5) is 33.6. The number of hydrogen-bond acceptors (Lipinski definition) is 3. The molecule has 144 valence electrons. The van der Waals surface area contributed by atoms with E-state index in [9.17, 15) is 9.59 Å². The molecule has 1 aromatic heterocycles. The summed E-state index contributed by atoms with van der Waals surface area (Å²) >= 11 is 0. The number of carbonyl (C=O) groups excluding carboxylic acids is 2. The summed E-state index contributed by atoms with van der Waals surface area (Å²) in [5.41, 5.74) is 3.88. The zero-order valence-corrected chi connectivity index (χ0v) is 15.8. The monoisotopic (exact) mass is 376 g/mol. The number of nitrogens with zero attached hydrogens (tertiary/aromatic N) is 2. The van der Waals surface area contributed by atoms with Crippen molar-refractivity contribution in [2.75, 3.05) is 18.0 Å². The maximum Gasteiger partial charge on any atom is 0.227 e. The summed E-state index contributed by atoms with van der Waals surface area (Å²) in [6, 6.07) is 15.7. The van der Waals surface area contributed by atoms with Gasteiger partial charge in [-0.3, -0.25) is 9.59 Å². The smallest absolute Gasteiger partial charge is 0.227 e. The van der Waals surface area contributed by atoms with Gasteiger partial charge >= 0.3 is 0 Å². The number of fused-ring (bicyclic) bond motifs is 1. The zero-order chi connectivity index (χ0) is 19.3. The Labute approximate surface area is 164 Å². The van der Waals surface area contributed by atoms with E-state index >= 15 is 0 Å². The number of anilines is 1. The quantitative estimate of drug-likeness (QED) is 0.622. The van der Waals surface area contributed by atoms with Gasteiger partial charge in [0.1, 0.15) is 5.82 Å². The normalized spacial score (nSPS) is 14.0. The van der Waals surface area contributed by atoms with Gasteiger partial charge in [-0.15, -0.1) is 0 Å². The van der Waals surface area contributed by atoms with E-state index in [0.717, 1.165) is 53.9 Å². The fourth-order valence-electron chi connectivity index (χ4n) is 3.57. The molecule has 0 radical (unpaired) electrons. The van der Waals surface area contributed by atoms with Crippen LogP contribution in [0.15, 0.2) is 48.5 Å². The molecule has 2 amide bonds. The van der Waals surface area contributed by atoms with Crippen LogP contribution in [0.25, 0.3) is 11.0 Å². The number of aromatic nitrogens is 2. The number of nitrogens with one attached hydrogen (secondary N) is 2. The largest absolute Gasteiger partial charge is 0.356 e. The number of carbonyl (C=O) groups is 2. The van der Waals surface area contributed by atoms with Crippen LogP contribution in [0.1, 0.15) is 30.7 Å². The lowest BCUT2D eigenvalue weighted by atomic mass is 10.1. The molecule has 1 saturated heterocycles. The minimum absolute atomic E-state index is 0.00889. The van der Waals surface area contributed by atoms with E-state index in [2.05, 4.69) is 15.3 Å². The van der Waals surface area contributed by atoms with Gasteiger partial charge in [0.05, 0.1) is 17.5 Å². The maximum absolute atomic E-state index is 12.2. The highest BCUT2D eigenvalue weighted by Crippen LogP contribution is 2.21. The summed E-state index contributed by atoms with van der Waals surface area (Å²) in [5, 5.41) is 2.97. The fourth-order valence-corrected chi connectivity index (χ4v) is 3.57. The Hall–Kier alpha value is -3.15. The molecule has 3 aromatic rings. The van der Waals surface area contributed by atoms with E-state index in [1.54, 1.807) is 0 Å². The van der Waals surface area contributed by atoms with Crippen LogP contribution in [0.2, 0.25) is 0 Å². The Kier molecular flexibility index (Phi) is 5.37. The molecule has 1 aliphatic heterocycles. The summed E-state index contributed by atoms with van der Waals surface area (Å²) in [7, 11) is 0. The zero-order valence-electron chi connectivity index (χ0n) is 15.8. The number of imidazole rings is 1. The van der Waals surface area contributed by atoms with Gasteiger partial charge < -0.3 is 15.2 Å². The molecule has 1 aliphatic rings. The Bertz CT molecular complexity index is 945. The van der Waals surface area contributed by atoms with Crippen molar-refractivity contribution in [1.82, 2.24) is 15.3 Å². The molecule has 6 nitrogen and oxygen atoms in total. The number of aryl methyl sites for hydroxylation is 1. The molecular weight excluding hydrogens is 352 g/mol. The lowest BCUT2D eigenvalue weighted by Gasteiger charge is -2.15. The summed E-state index contributed by atoms with van der Waals surface area (Å²) < 4.78 is 0. The van der Waals surface area contributed by atoms with E-state index in [4.69, 9.17) is 0 Å². The fraction of sp³-hybridized carbons (Fsp3) is 0.318. The Morgan fingerprint density at radius 2 is 1.96 bits per heavy atom. The van der Waals surface area contributed by atoms with E-state index in [1.165, 1.54) is 0 Å². The molecule has 2 heterocycles. The molecule has 0 atom stereocenters. The van der Waals surface area contributed by atoms with Crippen LogP contribution in [0.4, 0.5) is 5.69 Å². The highest BCUT2D eigenvalue weighted by Gasteiger charge is 2.21. The highest BCUT2D eigenvalue weighted by molar-refractivity contribution is 5.95. The molecule has 0 spiro atoms. The predicted octanol–water partition coefficient (Wildman–Crippen LogP) is 2.98. The van der Waals surface area contributed by atoms with Gasteiger partial charge in [-0.25, -0.2) is 4.98 Å². The van der Waals surface area contributed by atoms with Gasteiger partial charge in [-0.1, -0.05) is 24.3 Å². The molecule has 2 N–H and O–H groups in total. The number of benzene rings is 2. The van der Waals surface area contributed by atoms with Gasteiger partial charge in [0, 0.05) is 31.6 Å². The van der Waals surface area contributed by atoms with Crippen molar-refractivity contribution in [3.63, 3.8) is 0 Å². The van der Waals surface area contributed by atoms with Crippen LogP contribution in [0.5, 0.6) is 0 Å². The van der Waals surface area contributed by atoms with Gasteiger partial charge in [-0.05, 0) is 42.7 Å². The first kappa shape index (κ1) is 18.2. The standard InChI is InChI=1S/C22H24N4O2/c27-21(15-16-9-11-17(12-10-16)26-14-4-8-22(26)28)23-13-3-7-20-24-18-5-1-2-6-19(18)25-20/h1-2,5-6,9-12H,3-4,7-8,13-15H2,(H,23,27)(H,24,25). The third-order valence-corrected chi connectivity index (χ3v) is 5.04. The van der Waals surface area contributed by atoms with Crippen LogP contribution >= 0.6 is 0 Å². The van der Waals surface area contributed by atoms with Crippen molar-refractivity contribution >= 4 is 28.5 Å². The number of aromatic amines is 1. The third-order valence-electron chi connectivity index (χ3n) is 5.04. The van der Waals surface area contributed by atoms with Crippen molar-refractivity contribution < 1.29 is 9.59 Å². The molecule has 1 fully saturated rings. The van der Waals surface area contributed by atoms with Crippen LogP contribution < -0.4 is 10.2 Å². The molecule has 0 bridgehead atoms. The minimum atomic E-state index is 0.00889. The molecule has 28 heavy (non-hydrogen) atoms. The highest BCUT2D eigenvalue weighted by atomic mass is 16.2. The molecule has 4 rings (SSSR count). The SMILES string of the molecule is O=C(Cc1ccc(N2CCCC2=O)cc1)NCCCc1nc2ccccc2[nH]1. The van der Waals surface area contributed by atoms with Crippen LogP contribution in [0, 0.1) is 0 Å². The van der Waals surface area contributed by atoms with E-state index < -0.39 is 0 Å². The van der Waals surface area contributed by atoms with Gasteiger partial charge in [0.15, 0.2) is 0 Å². The van der Waals surface area contributed by atoms with Crippen LogP contribution in [-0.2, 0) is 22.4 Å². The van der Waals surface area contributed by atoms with Crippen molar-refractivity contribution in [3.8, 4) is 0 Å². The Morgan fingerprint density at radius 3 is 2.71 bits per heavy atom. The van der Waals surface area contributed by atoms with Crippen LogP contribution in [-0.4, -0.2) is 34.9 Å². The van der Waals surface area contributed by atoms with Crippen molar-refractivity contribution in [1.29, 1.82) is 0 Å². The lowest BCUT2D eigenvalue weighted by molar-refractivity contribution is -0.120. The number of amides is 2. The molecule has 0 aliphatic carbocycles. The van der Waals surface area contributed by atoms with Crippen molar-refractivity contribution in [3.05, 3.63) is 59.9 Å². The van der Waals surface area contributed by atoms with E-state index in [-0.39, 0.29) is 11.8 Å². The number of rotatable bonds is 7. The third kappa shape index (κ3) is 4.22. The second kappa shape index (κ2) is 8.25. The molecule has 6 heteroatoms. The Morgan fingerprint density at radius 1 is 1.14 bits per heavy atom. The molecule has 0 saturated carbocycles. The first-order valence-corrected chi connectivity index (χ1v) is 9.79. The maximum atomic E-state index is 12.2. The minimum Gasteiger partial charge on any atom is -0.356 e. The molecule has 2 aromatic carbocycles.